The van der Waals surface area contributed by atoms with Gasteiger partial charge in [-0.15, -0.1) is 0 Å². The third-order valence-corrected chi connectivity index (χ3v) is 7.75. The molecule has 2 fully saturated rings. The number of urea groups is 1. The monoisotopic (exact) mass is 511 g/mol. The first-order chi connectivity index (χ1) is 18.5. The van der Waals surface area contributed by atoms with Crippen LogP contribution in [-0.2, 0) is 9.59 Å². The summed E-state index contributed by atoms with van der Waals surface area (Å²) in [7, 11) is 0. The number of likely N-dealkylation sites (tertiary alicyclic amines) is 1. The molecule has 3 aromatic rings. The summed E-state index contributed by atoms with van der Waals surface area (Å²) in [5.41, 5.74) is 2.40. The third kappa shape index (κ3) is 5.01. The van der Waals surface area contributed by atoms with Crippen molar-refractivity contribution in [3.05, 3.63) is 96.6 Å². The Bertz CT molecular complexity index is 1230. The number of nitrogens with zero attached hydrogens (tertiary/aromatic N) is 3. The zero-order chi connectivity index (χ0) is 26.6. The maximum absolute atomic E-state index is 14.2. The van der Waals surface area contributed by atoms with E-state index in [0.717, 1.165) is 18.4 Å². The van der Waals surface area contributed by atoms with E-state index in [0.29, 0.717) is 24.2 Å². The number of carboxylic acids is 1. The summed E-state index contributed by atoms with van der Waals surface area (Å²) in [6.45, 7) is 2.21. The standard InChI is InChI=1S/C31H33N3O4/c1-22(23-12-5-2-6-13-23)20-28(35)34-26-18-11-19-27(34)29(30(36)37)32(21-26)31(38)33(24-14-7-3-8-15-24)25-16-9-4-10-17-25/h2-10,12-17,22,26-27,29H,11,18-21H2,1H3,(H,36,37)/t22?,26-,27+,29-/m0/s1. The molecule has 1 unspecified atom stereocenters. The first-order valence-corrected chi connectivity index (χ1v) is 13.3. The number of amides is 3. The van der Waals surface area contributed by atoms with Gasteiger partial charge in [-0.1, -0.05) is 73.7 Å². The summed E-state index contributed by atoms with van der Waals surface area (Å²) >= 11 is 0. The summed E-state index contributed by atoms with van der Waals surface area (Å²) in [5, 5.41) is 10.4. The Morgan fingerprint density at radius 3 is 1.97 bits per heavy atom. The number of piperidine rings is 1. The first-order valence-electron chi connectivity index (χ1n) is 13.3. The molecule has 0 aromatic heterocycles. The van der Waals surface area contributed by atoms with E-state index < -0.39 is 24.1 Å². The summed E-state index contributed by atoms with van der Waals surface area (Å²) in [6, 6.07) is 26.1. The molecule has 2 aliphatic heterocycles. The molecule has 2 bridgehead atoms. The van der Waals surface area contributed by atoms with Gasteiger partial charge in [-0.2, -0.15) is 0 Å². The highest BCUT2D eigenvalue weighted by atomic mass is 16.4. The number of piperazine rings is 1. The fourth-order valence-electron chi connectivity index (χ4n) is 5.95. The number of carbonyl (C=O) groups is 3. The minimum atomic E-state index is -1.12. The first kappa shape index (κ1) is 25.5. The van der Waals surface area contributed by atoms with Gasteiger partial charge in [-0.3, -0.25) is 9.69 Å². The van der Waals surface area contributed by atoms with Crippen LogP contribution in [0, 0.1) is 0 Å². The van der Waals surface area contributed by atoms with E-state index in [1.807, 2.05) is 97.9 Å². The predicted octanol–water partition coefficient (Wildman–Crippen LogP) is 5.66. The molecule has 4 atom stereocenters. The van der Waals surface area contributed by atoms with Crippen molar-refractivity contribution < 1.29 is 19.5 Å². The second-order valence-electron chi connectivity index (χ2n) is 10.2. The second-order valence-corrected chi connectivity index (χ2v) is 10.2. The highest BCUT2D eigenvalue weighted by Gasteiger charge is 2.51. The van der Waals surface area contributed by atoms with E-state index >= 15 is 0 Å². The molecule has 0 saturated carbocycles. The van der Waals surface area contributed by atoms with Crippen molar-refractivity contribution in [2.24, 2.45) is 0 Å². The summed E-state index contributed by atoms with van der Waals surface area (Å²) < 4.78 is 0. The fraction of sp³-hybridized carbons (Fsp3) is 0.323. The number of benzene rings is 3. The van der Waals surface area contributed by atoms with Crippen molar-refractivity contribution >= 4 is 29.3 Å². The average molecular weight is 512 g/mol. The topological polar surface area (TPSA) is 81.2 Å². The molecular formula is C31H33N3O4. The average Bonchev–Trinajstić information content (AvgIpc) is 2.94. The van der Waals surface area contributed by atoms with Crippen LogP contribution in [0.3, 0.4) is 0 Å². The molecule has 0 radical (unpaired) electrons. The highest BCUT2D eigenvalue weighted by molar-refractivity contribution is 6.01. The van der Waals surface area contributed by atoms with Crippen molar-refractivity contribution in [2.75, 3.05) is 11.4 Å². The molecule has 0 aliphatic carbocycles. The molecule has 38 heavy (non-hydrogen) atoms. The van der Waals surface area contributed by atoms with Crippen molar-refractivity contribution in [3.8, 4) is 0 Å². The number of carbonyl (C=O) groups excluding carboxylic acids is 2. The maximum atomic E-state index is 14.2. The molecule has 7 nitrogen and oxygen atoms in total. The van der Waals surface area contributed by atoms with E-state index in [2.05, 4.69) is 0 Å². The number of anilines is 2. The van der Waals surface area contributed by atoms with Crippen LogP contribution in [-0.4, -0.2) is 57.5 Å². The largest absolute Gasteiger partial charge is 0.480 e. The Hall–Kier alpha value is -4.13. The molecule has 2 aliphatic rings. The molecular weight excluding hydrogens is 478 g/mol. The van der Waals surface area contributed by atoms with Crippen LogP contribution < -0.4 is 4.90 Å². The van der Waals surface area contributed by atoms with E-state index in [4.69, 9.17) is 0 Å². The maximum Gasteiger partial charge on any atom is 0.329 e. The van der Waals surface area contributed by atoms with Gasteiger partial charge in [0.15, 0.2) is 6.04 Å². The quantitative estimate of drug-likeness (QED) is 0.463. The Balaban J connectivity index is 1.45. The number of para-hydroxylation sites is 2. The van der Waals surface area contributed by atoms with Crippen molar-refractivity contribution in [3.63, 3.8) is 0 Å². The van der Waals surface area contributed by atoms with Gasteiger partial charge in [0.25, 0.3) is 0 Å². The fourth-order valence-corrected chi connectivity index (χ4v) is 5.95. The van der Waals surface area contributed by atoms with Gasteiger partial charge in [0, 0.05) is 19.0 Å². The summed E-state index contributed by atoms with van der Waals surface area (Å²) in [5.74, 6) is -1.12. The number of aliphatic carboxylic acids is 1. The second kappa shape index (κ2) is 11.1. The van der Waals surface area contributed by atoms with Gasteiger partial charge in [0.1, 0.15) is 0 Å². The SMILES string of the molecule is CC(CC(=O)N1[C@H]2CCC[C@@H]1[C@@H](C(=O)O)N(C(=O)N(c1ccccc1)c1ccccc1)C2)c1ccccc1. The van der Waals surface area contributed by atoms with Crippen LogP contribution in [0.2, 0.25) is 0 Å². The number of hydrogen-bond donors (Lipinski definition) is 1. The smallest absolute Gasteiger partial charge is 0.329 e. The van der Waals surface area contributed by atoms with E-state index in [1.54, 1.807) is 9.80 Å². The van der Waals surface area contributed by atoms with Crippen molar-refractivity contribution in [1.82, 2.24) is 9.80 Å². The number of fused-ring (bicyclic) bond motifs is 2. The Morgan fingerprint density at radius 2 is 1.42 bits per heavy atom. The number of rotatable bonds is 6. The van der Waals surface area contributed by atoms with Crippen LogP contribution in [0.4, 0.5) is 16.2 Å². The van der Waals surface area contributed by atoms with Crippen LogP contribution in [0.1, 0.15) is 44.1 Å². The summed E-state index contributed by atoms with van der Waals surface area (Å²) in [6.07, 6.45) is 2.44. The minimum absolute atomic E-state index is 0.0130. The molecule has 196 valence electrons. The lowest BCUT2D eigenvalue weighted by molar-refractivity contribution is -0.157. The van der Waals surface area contributed by atoms with Crippen LogP contribution in [0.5, 0.6) is 0 Å². The van der Waals surface area contributed by atoms with Crippen molar-refractivity contribution in [1.29, 1.82) is 0 Å². The van der Waals surface area contributed by atoms with Crippen LogP contribution >= 0.6 is 0 Å². The normalized spacial score (nSPS) is 21.4. The lowest BCUT2D eigenvalue weighted by Crippen LogP contribution is -2.71. The zero-order valence-electron chi connectivity index (χ0n) is 21.5. The lowest BCUT2D eigenvalue weighted by Gasteiger charge is -2.53. The molecule has 7 heteroatoms. The van der Waals surface area contributed by atoms with Crippen molar-refractivity contribution in [2.45, 2.75) is 56.7 Å². The Morgan fingerprint density at radius 1 is 0.868 bits per heavy atom. The van der Waals surface area contributed by atoms with Crippen LogP contribution in [0.25, 0.3) is 0 Å². The van der Waals surface area contributed by atoms with Gasteiger partial charge >= 0.3 is 12.0 Å². The molecule has 3 aromatic carbocycles. The Kier molecular flexibility index (Phi) is 7.45. The molecule has 2 heterocycles. The molecule has 2 saturated heterocycles. The lowest BCUT2D eigenvalue weighted by atomic mass is 9.84. The van der Waals surface area contributed by atoms with E-state index in [1.165, 1.54) is 4.90 Å². The molecule has 1 N–H and O–H groups in total. The van der Waals surface area contributed by atoms with Gasteiger partial charge in [0.05, 0.1) is 17.4 Å². The molecule has 3 amide bonds. The number of carboxylic acid groups (broad SMARTS) is 1. The minimum Gasteiger partial charge on any atom is -0.480 e. The molecule has 0 spiro atoms. The van der Waals surface area contributed by atoms with Gasteiger partial charge in [-0.25, -0.2) is 9.59 Å². The highest BCUT2D eigenvalue weighted by Crippen LogP contribution is 2.37. The summed E-state index contributed by atoms with van der Waals surface area (Å²) in [4.78, 5) is 45.4. The van der Waals surface area contributed by atoms with E-state index in [9.17, 15) is 19.5 Å². The van der Waals surface area contributed by atoms with Gasteiger partial charge in [-0.05, 0) is 55.0 Å². The number of hydrogen-bond acceptors (Lipinski definition) is 3. The zero-order valence-corrected chi connectivity index (χ0v) is 21.5. The molecule has 5 rings (SSSR count). The predicted molar refractivity (Wildman–Crippen MR) is 146 cm³/mol. The van der Waals surface area contributed by atoms with E-state index in [-0.39, 0.29) is 24.4 Å². The van der Waals surface area contributed by atoms with Gasteiger partial charge in [0.2, 0.25) is 5.91 Å². The third-order valence-electron chi connectivity index (χ3n) is 7.75. The Labute approximate surface area is 223 Å². The van der Waals surface area contributed by atoms with Gasteiger partial charge < -0.3 is 14.9 Å². The van der Waals surface area contributed by atoms with Crippen LogP contribution in [0.15, 0.2) is 91.0 Å².